The molecular formula is C19H30N2O5. The predicted octanol–water partition coefficient (Wildman–Crippen LogP) is 1.87. The first-order valence-electron chi connectivity index (χ1n) is 9.46. The molecule has 4 saturated carbocycles. The van der Waals surface area contributed by atoms with E-state index >= 15 is 0 Å². The maximum Gasteiger partial charge on any atom is 0.321 e. The largest absolute Gasteiger partial charge is 0.452 e. The number of rotatable bonds is 3. The number of ether oxygens (including phenoxy) is 1. The van der Waals surface area contributed by atoms with Crippen LogP contribution in [0.4, 0.5) is 4.79 Å². The normalized spacial score (nSPS) is 36.3. The van der Waals surface area contributed by atoms with Crippen molar-refractivity contribution in [3.05, 3.63) is 0 Å². The third-order valence-electron chi connectivity index (χ3n) is 5.84. The second-order valence-electron chi connectivity index (χ2n) is 9.71. The topological polar surface area (TPSA) is 105 Å². The van der Waals surface area contributed by atoms with Crippen LogP contribution >= 0.6 is 0 Å². The Morgan fingerprint density at radius 2 is 1.69 bits per heavy atom. The first-order chi connectivity index (χ1) is 11.9. The van der Waals surface area contributed by atoms with Crippen molar-refractivity contribution in [2.24, 2.45) is 17.3 Å². The molecule has 146 valence electrons. The molecule has 0 aromatic carbocycles. The van der Waals surface area contributed by atoms with E-state index in [9.17, 15) is 19.5 Å². The lowest BCUT2D eigenvalue weighted by atomic mass is 9.48. The summed E-state index contributed by atoms with van der Waals surface area (Å²) in [7, 11) is 0. The van der Waals surface area contributed by atoms with Gasteiger partial charge in [-0.1, -0.05) is 0 Å². The Morgan fingerprint density at radius 3 is 2.19 bits per heavy atom. The highest BCUT2D eigenvalue weighted by atomic mass is 16.5. The zero-order chi connectivity index (χ0) is 19.3. The van der Waals surface area contributed by atoms with Crippen molar-refractivity contribution in [2.45, 2.75) is 83.5 Å². The summed E-state index contributed by atoms with van der Waals surface area (Å²) >= 11 is 0. The van der Waals surface area contributed by atoms with E-state index in [0.717, 1.165) is 32.1 Å². The Morgan fingerprint density at radius 1 is 1.12 bits per heavy atom. The first-order valence-corrected chi connectivity index (χ1v) is 9.46. The van der Waals surface area contributed by atoms with Gasteiger partial charge in [0.2, 0.25) is 0 Å². The molecule has 4 aliphatic carbocycles. The van der Waals surface area contributed by atoms with Crippen molar-refractivity contribution < 1.29 is 24.2 Å². The third-order valence-corrected chi connectivity index (χ3v) is 5.84. The molecule has 4 rings (SSSR count). The van der Waals surface area contributed by atoms with Gasteiger partial charge in [0.25, 0.3) is 5.91 Å². The predicted molar refractivity (Wildman–Crippen MR) is 94.0 cm³/mol. The Kier molecular flexibility index (Phi) is 4.58. The van der Waals surface area contributed by atoms with Crippen molar-refractivity contribution in [3.8, 4) is 0 Å². The minimum atomic E-state index is -1.06. The Hall–Kier alpha value is -1.63. The summed E-state index contributed by atoms with van der Waals surface area (Å²) in [4.78, 5) is 36.8. The van der Waals surface area contributed by atoms with Gasteiger partial charge in [0, 0.05) is 5.54 Å². The van der Waals surface area contributed by atoms with E-state index in [-0.39, 0.29) is 0 Å². The molecule has 0 aromatic rings. The summed E-state index contributed by atoms with van der Waals surface area (Å²) in [5.41, 5.74) is -1.92. The summed E-state index contributed by atoms with van der Waals surface area (Å²) in [6, 6.07) is -0.616. The smallest absolute Gasteiger partial charge is 0.321 e. The van der Waals surface area contributed by atoms with E-state index in [1.165, 1.54) is 6.92 Å². The molecule has 0 aliphatic heterocycles. The number of aliphatic hydroxyl groups is 1. The lowest BCUT2D eigenvalue weighted by Crippen LogP contribution is -2.59. The molecule has 2 unspecified atom stereocenters. The van der Waals surface area contributed by atoms with E-state index in [1.807, 2.05) is 0 Å². The summed E-state index contributed by atoms with van der Waals surface area (Å²) in [5, 5.41) is 15.6. The lowest BCUT2D eigenvalue weighted by Gasteiger charge is -2.58. The van der Waals surface area contributed by atoms with Gasteiger partial charge < -0.3 is 15.2 Å². The van der Waals surface area contributed by atoms with Crippen LogP contribution in [-0.2, 0) is 14.3 Å². The van der Waals surface area contributed by atoms with E-state index in [2.05, 4.69) is 10.6 Å². The van der Waals surface area contributed by atoms with Gasteiger partial charge in [-0.2, -0.15) is 0 Å². The maximum absolute atomic E-state index is 12.9. The van der Waals surface area contributed by atoms with Crippen LogP contribution in [0.25, 0.3) is 0 Å². The van der Waals surface area contributed by atoms with Crippen molar-refractivity contribution in [3.63, 3.8) is 0 Å². The lowest BCUT2D eigenvalue weighted by molar-refractivity contribution is -0.199. The van der Waals surface area contributed by atoms with Gasteiger partial charge in [-0.3, -0.25) is 14.9 Å². The van der Waals surface area contributed by atoms with Crippen LogP contribution in [0, 0.1) is 17.3 Å². The fraction of sp³-hybridized carbons (Fsp3) is 0.842. The highest BCUT2D eigenvalue weighted by Crippen LogP contribution is 2.62. The average Bonchev–Trinajstić information content (AvgIpc) is 2.41. The molecule has 5 atom stereocenters. The van der Waals surface area contributed by atoms with Gasteiger partial charge in [0.05, 0.1) is 11.0 Å². The molecule has 0 saturated heterocycles. The van der Waals surface area contributed by atoms with Crippen molar-refractivity contribution >= 4 is 17.9 Å². The monoisotopic (exact) mass is 366 g/mol. The summed E-state index contributed by atoms with van der Waals surface area (Å²) in [5.74, 6) is -0.349. The van der Waals surface area contributed by atoms with Gasteiger partial charge >= 0.3 is 12.0 Å². The second-order valence-corrected chi connectivity index (χ2v) is 9.71. The van der Waals surface area contributed by atoms with Crippen molar-refractivity contribution in [1.82, 2.24) is 10.6 Å². The van der Waals surface area contributed by atoms with Gasteiger partial charge in [0.15, 0.2) is 6.10 Å². The third kappa shape index (κ3) is 3.87. The SMILES string of the molecule is C[C@@H](OC(=O)C12C[C@@H]3C[C@@H](CC(O)(C3)C1)C2)C(=O)NC(=O)NC(C)(C)C. The summed E-state index contributed by atoms with van der Waals surface area (Å²) in [6.45, 7) is 6.88. The zero-order valence-corrected chi connectivity index (χ0v) is 16.1. The van der Waals surface area contributed by atoms with Crippen LogP contribution in [0.2, 0.25) is 0 Å². The van der Waals surface area contributed by atoms with Crippen LogP contribution in [0.5, 0.6) is 0 Å². The van der Waals surface area contributed by atoms with Crippen LogP contribution in [0.1, 0.15) is 66.2 Å². The molecule has 3 amide bonds. The minimum absolute atomic E-state index is 0.357. The van der Waals surface area contributed by atoms with E-state index in [0.29, 0.717) is 18.3 Å². The minimum Gasteiger partial charge on any atom is -0.452 e. The van der Waals surface area contributed by atoms with Crippen molar-refractivity contribution in [2.75, 3.05) is 0 Å². The number of carbonyl (C=O) groups is 3. The highest BCUT2D eigenvalue weighted by Gasteiger charge is 2.61. The molecule has 7 heteroatoms. The fourth-order valence-corrected chi connectivity index (χ4v) is 5.38. The fourth-order valence-electron chi connectivity index (χ4n) is 5.38. The molecule has 7 nitrogen and oxygen atoms in total. The first kappa shape index (κ1) is 19.1. The van der Waals surface area contributed by atoms with Crippen LogP contribution < -0.4 is 10.6 Å². The highest BCUT2D eigenvalue weighted by molar-refractivity contribution is 5.97. The molecule has 4 fully saturated rings. The number of esters is 1. The van der Waals surface area contributed by atoms with Gasteiger partial charge in [-0.25, -0.2) is 4.79 Å². The number of carbonyl (C=O) groups excluding carboxylic acids is 3. The number of imide groups is 1. The van der Waals surface area contributed by atoms with Crippen LogP contribution in [0.15, 0.2) is 0 Å². The quantitative estimate of drug-likeness (QED) is 0.662. The standard InChI is InChI=1S/C19H30N2O5/c1-11(14(22)20-16(24)21-17(2,3)4)26-15(23)18-6-12-5-13(7-18)9-19(25,8-12)10-18/h11-13,25H,5-10H2,1-4H3,(H2,20,21,22,24)/t11-,12-,13+,18?,19?/m1/s1. The number of nitrogens with one attached hydrogen (secondary N) is 2. The zero-order valence-electron chi connectivity index (χ0n) is 16.1. The maximum atomic E-state index is 12.9. The summed E-state index contributed by atoms with van der Waals surface area (Å²) < 4.78 is 5.43. The van der Waals surface area contributed by atoms with E-state index < -0.39 is 40.6 Å². The van der Waals surface area contributed by atoms with Crippen LogP contribution in [-0.4, -0.2) is 40.3 Å². The van der Waals surface area contributed by atoms with Crippen LogP contribution in [0.3, 0.4) is 0 Å². The number of hydrogen-bond donors (Lipinski definition) is 3. The van der Waals surface area contributed by atoms with Gasteiger partial charge in [0.1, 0.15) is 0 Å². The molecule has 0 heterocycles. The average molecular weight is 366 g/mol. The second kappa shape index (κ2) is 6.22. The molecule has 26 heavy (non-hydrogen) atoms. The van der Waals surface area contributed by atoms with Gasteiger partial charge in [-0.15, -0.1) is 0 Å². The number of urea groups is 1. The van der Waals surface area contributed by atoms with Gasteiger partial charge in [-0.05, 0) is 78.1 Å². The molecule has 0 spiro atoms. The van der Waals surface area contributed by atoms with E-state index in [1.54, 1.807) is 20.8 Å². The molecule has 0 radical (unpaired) electrons. The molecular weight excluding hydrogens is 336 g/mol. The summed E-state index contributed by atoms with van der Waals surface area (Å²) in [6.07, 6.45) is 3.41. The molecule has 0 aromatic heterocycles. The number of hydrogen-bond acceptors (Lipinski definition) is 5. The number of amides is 3. The Labute approximate surface area is 154 Å². The Balaban J connectivity index is 1.59. The van der Waals surface area contributed by atoms with Crippen molar-refractivity contribution in [1.29, 1.82) is 0 Å². The molecule has 4 aliphatic rings. The van der Waals surface area contributed by atoms with E-state index in [4.69, 9.17) is 4.74 Å². The molecule has 3 N–H and O–H groups in total. The molecule has 4 bridgehead atoms. The Bertz CT molecular complexity index is 610.